The molecular formula is C13H16ClNO. The predicted octanol–water partition coefficient (Wildman–Crippen LogP) is 2.61. The maximum absolute atomic E-state index is 9.74. The zero-order valence-corrected chi connectivity index (χ0v) is 10.1. The van der Waals surface area contributed by atoms with Crippen molar-refractivity contribution in [3.63, 3.8) is 0 Å². The Morgan fingerprint density at radius 3 is 3.12 bits per heavy atom. The molecule has 0 saturated carbocycles. The number of hydrogen-bond donors (Lipinski definition) is 2. The van der Waals surface area contributed by atoms with E-state index in [1.54, 1.807) is 6.07 Å². The summed E-state index contributed by atoms with van der Waals surface area (Å²) in [5, 5.41) is 13.9. The lowest BCUT2D eigenvalue weighted by Crippen LogP contribution is -2.49. The first kappa shape index (κ1) is 10.4. The molecule has 86 valence electrons. The third kappa shape index (κ3) is 1.36. The van der Waals surface area contributed by atoms with Gasteiger partial charge in [-0.05, 0) is 48.4 Å². The van der Waals surface area contributed by atoms with E-state index >= 15 is 0 Å². The molecule has 16 heavy (non-hydrogen) atoms. The molecule has 2 N–H and O–H groups in total. The molecule has 1 aliphatic carbocycles. The molecule has 1 aromatic carbocycles. The minimum atomic E-state index is 0.138. The summed E-state index contributed by atoms with van der Waals surface area (Å²) in [6, 6.07) is 4.31. The van der Waals surface area contributed by atoms with Gasteiger partial charge in [-0.15, -0.1) is 0 Å². The van der Waals surface area contributed by atoms with Gasteiger partial charge in [0.2, 0.25) is 0 Å². The van der Waals surface area contributed by atoms with Gasteiger partial charge >= 0.3 is 0 Å². The van der Waals surface area contributed by atoms with Gasteiger partial charge in [0.25, 0.3) is 0 Å². The normalized spacial score (nSPS) is 32.2. The van der Waals surface area contributed by atoms with Gasteiger partial charge in [0.05, 0.1) is 5.02 Å². The summed E-state index contributed by atoms with van der Waals surface area (Å²) in [5.74, 6) is 0.221. The van der Waals surface area contributed by atoms with Crippen LogP contribution in [-0.2, 0) is 11.8 Å². The second kappa shape index (κ2) is 3.38. The quantitative estimate of drug-likeness (QED) is 0.727. The van der Waals surface area contributed by atoms with Gasteiger partial charge in [0, 0.05) is 6.04 Å². The smallest absolute Gasteiger partial charge is 0.134 e. The van der Waals surface area contributed by atoms with Crippen LogP contribution < -0.4 is 5.32 Å². The van der Waals surface area contributed by atoms with Crippen LogP contribution in [-0.4, -0.2) is 17.7 Å². The molecule has 1 saturated heterocycles. The van der Waals surface area contributed by atoms with Crippen molar-refractivity contribution in [3.05, 3.63) is 28.3 Å². The minimum absolute atomic E-state index is 0.138. The van der Waals surface area contributed by atoms with E-state index in [4.69, 9.17) is 11.6 Å². The van der Waals surface area contributed by atoms with Crippen molar-refractivity contribution in [1.29, 1.82) is 0 Å². The highest BCUT2D eigenvalue weighted by molar-refractivity contribution is 6.33. The fourth-order valence-electron chi connectivity index (χ4n) is 3.33. The van der Waals surface area contributed by atoms with Gasteiger partial charge in [-0.2, -0.15) is 0 Å². The highest BCUT2D eigenvalue weighted by Crippen LogP contribution is 2.47. The lowest BCUT2D eigenvalue weighted by molar-refractivity contribution is 0.249. The molecule has 3 heteroatoms. The molecule has 2 atom stereocenters. The molecule has 0 unspecified atom stereocenters. The number of phenolic OH excluding ortho intramolecular Hbond substituents is 1. The van der Waals surface area contributed by atoms with Crippen molar-refractivity contribution >= 4 is 11.6 Å². The summed E-state index contributed by atoms with van der Waals surface area (Å²) in [7, 11) is 0. The van der Waals surface area contributed by atoms with Crippen LogP contribution in [0.5, 0.6) is 5.75 Å². The van der Waals surface area contributed by atoms with E-state index in [9.17, 15) is 5.11 Å². The second-order valence-corrected chi connectivity index (χ2v) is 5.68. The molecule has 0 radical (unpaired) electrons. The zero-order chi connectivity index (χ0) is 11.3. The number of rotatable bonds is 0. The molecule has 2 bridgehead atoms. The van der Waals surface area contributed by atoms with Crippen LogP contribution in [0.25, 0.3) is 0 Å². The molecular weight excluding hydrogens is 222 g/mol. The summed E-state index contributed by atoms with van der Waals surface area (Å²) in [5.41, 5.74) is 2.62. The summed E-state index contributed by atoms with van der Waals surface area (Å²) in [6.45, 7) is 3.32. The Bertz CT molecular complexity index is 446. The summed E-state index contributed by atoms with van der Waals surface area (Å²) in [6.07, 6.45) is 3.26. The third-order valence-corrected chi connectivity index (χ3v) is 4.47. The molecule has 2 nitrogen and oxygen atoms in total. The SMILES string of the molecule is C[C@]12CCN[C@@H](Cc3ccc(O)c(Cl)c31)C2. The topological polar surface area (TPSA) is 32.3 Å². The lowest BCUT2D eigenvalue weighted by atomic mass is 9.65. The minimum Gasteiger partial charge on any atom is -0.506 e. The van der Waals surface area contributed by atoms with E-state index < -0.39 is 0 Å². The molecule has 1 aromatic rings. The largest absolute Gasteiger partial charge is 0.506 e. The van der Waals surface area contributed by atoms with Crippen LogP contribution >= 0.6 is 11.6 Å². The fraction of sp³-hybridized carbons (Fsp3) is 0.538. The fourth-order valence-corrected chi connectivity index (χ4v) is 3.75. The Kier molecular flexibility index (Phi) is 2.20. The highest BCUT2D eigenvalue weighted by atomic mass is 35.5. The monoisotopic (exact) mass is 237 g/mol. The first-order chi connectivity index (χ1) is 7.60. The maximum atomic E-state index is 9.74. The van der Waals surface area contributed by atoms with Crippen molar-refractivity contribution in [2.24, 2.45) is 0 Å². The van der Waals surface area contributed by atoms with Crippen LogP contribution in [0, 0.1) is 0 Å². The van der Waals surface area contributed by atoms with Crippen molar-refractivity contribution < 1.29 is 5.11 Å². The zero-order valence-electron chi connectivity index (χ0n) is 9.39. The van der Waals surface area contributed by atoms with Gasteiger partial charge in [0.1, 0.15) is 5.75 Å². The number of aromatic hydroxyl groups is 1. The van der Waals surface area contributed by atoms with Crippen LogP contribution in [0.3, 0.4) is 0 Å². The van der Waals surface area contributed by atoms with Crippen molar-refractivity contribution in [3.8, 4) is 5.75 Å². The molecule has 1 heterocycles. The summed E-state index contributed by atoms with van der Waals surface area (Å²) in [4.78, 5) is 0. The average Bonchev–Trinajstić information content (AvgIpc) is 2.22. The summed E-state index contributed by atoms with van der Waals surface area (Å²) >= 11 is 6.28. The predicted molar refractivity (Wildman–Crippen MR) is 65.2 cm³/mol. The maximum Gasteiger partial charge on any atom is 0.134 e. The van der Waals surface area contributed by atoms with Gasteiger partial charge in [-0.3, -0.25) is 0 Å². The first-order valence-corrected chi connectivity index (χ1v) is 6.22. The molecule has 0 amide bonds. The van der Waals surface area contributed by atoms with E-state index in [2.05, 4.69) is 12.2 Å². The van der Waals surface area contributed by atoms with E-state index in [-0.39, 0.29) is 11.2 Å². The van der Waals surface area contributed by atoms with Crippen LogP contribution in [0.15, 0.2) is 12.1 Å². The van der Waals surface area contributed by atoms with E-state index in [1.165, 1.54) is 11.1 Å². The molecule has 0 spiro atoms. The van der Waals surface area contributed by atoms with E-state index in [0.717, 1.165) is 25.8 Å². The Morgan fingerprint density at radius 1 is 1.50 bits per heavy atom. The van der Waals surface area contributed by atoms with Crippen LogP contribution in [0.4, 0.5) is 0 Å². The number of phenols is 1. The van der Waals surface area contributed by atoms with Crippen molar-refractivity contribution in [2.75, 3.05) is 6.54 Å². The molecule has 0 aromatic heterocycles. The van der Waals surface area contributed by atoms with Crippen molar-refractivity contribution in [2.45, 2.75) is 37.6 Å². The van der Waals surface area contributed by atoms with Gasteiger partial charge in [-0.1, -0.05) is 24.6 Å². The Labute approximate surface area is 101 Å². The van der Waals surface area contributed by atoms with E-state index in [0.29, 0.717) is 11.1 Å². The molecule has 1 aliphatic heterocycles. The van der Waals surface area contributed by atoms with Crippen LogP contribution in [0.1, 0.15) is 30.9 Å². The highest BCUT2D eigenvalue weighted by Gasteiger charge is 2.41. The molecule has 1 fully saturated rings. The number of fused-ring (bicyclic) bond motifs is 4. The number of hydrogen-bond acceptors (Lipinski definition) is 2. The van der Waals surface area contributed by atoms with Gasteiger partial charge in [0.15, 0.2) is 0 Å². The Balaban J connectivity index is 2.21. The first-order valence-electron chi connectivity index (χ1n) is 5.84. The second-order valence-electron chi connectivity index (χ2n) is 5.30. The molecule has 3 rings (SSSR count). The number of nitrogens with one attached hydrogen (secondary N) is 1. The number of halogens is 1. The Hall–Kier alpha value is -0.730. The van der Waals surface area contributed by atoms with Crippen molar-refractivity contribution in [1.82, 2.24) is 5.32 Å². The molecule has 2 aliphatic rings. The third-order valence-electron chi connectivity index (χ3n) is 4.08. The number of piperidine rings is 1. The van der Waals surface area contributed by atoms with Gasteiger partial charge in [-0.25, -0.2) is 0 Å². The summed E-state index contributed by atoms with van der Waals surface area (Å²) < 4.78 is 0. The van der Waals surface area contributed by atoms with Gasteiger partial charge < -0.3 is 10.4 Å². The van der Waals surface area contributed by atoms with Crippen LogP contribution in [0.2, 0.25) is 5.02 Å². The Morgan fingerprint density at radius 2 is 2.31 bits per heavy atom. The average molecular weight is 238 g/mol. The number of benzene rings is 1. The standard InChI is InChI=1S/C13H16ClNO/c1-13-4-5-15-9(7-13)6-8-2-3-10(16)12(14)11(8)13/h2-3,9,15-16H,4-7H2,1H3/t9-,13+/m0/s1. The lowest BCUT2D eigenvalue weighted by Gasteiger charge is -2.45. The van der Waals surface area contributed by atoms with E-state index in [1.807, 2.05) is 6.07 Å².